The molecule has 27 heavy (non-hydrogen) atoms. The molecule has 0 bridgehead atoms. The number of nitrogens with zero attached hydrogens (tertiary/aromatic N) is 4. The van der Waals surface area contributed by atoms with Crippen LogP contribution in [0.2, 0.25) is 5.15 Å². The number of fused-ring (bicyclic) bond motifs is 4. The van der Waals surface area contributed by atoms with Gasteiger partial charge in [-0.05, 0) is 25.3 Å². The lowest BCUT2D eigenvalue weighted by Crippen LogP contribution is -2.36. The molecule has 6 rings (SSSR count). The highest BCUT2D eigenvalue weighted by atomic mass is 35.5. The van der Waals surface area contributed by atoms with Gasteiger partial charge in [0.2, 0.25) is 0 Å². The summed E-state index contributed by atoms with van der Waals surface area (Å²) in [4.78, 5) is 19.8. The van der Waals surface area contributed by atoms with Gasteiger partial charge in [0.1, 0.15) is 22.6 Å². The minimum atomic E-state index is -0.937. The normalized spacial score (nSPS) is 32.4. The van der Waals surface area contributed by atoms with Crippen LogP contribution >= 0.6 is 11.6 Å². The summed E-state index contributed by atoms with van der Waals surface area (Å²) in [7, 11) is 0. The first-order valence-electron chi connectivity index (χ1n) is 8.89. The maximum atomic E-state index is 10.8. The third-order valence-electron chi connectivity index (χ3n) is 6.32. The van der Waals surface area contributed by atoms with Gasteiger partial charge in [0.25, 0.3) is 0 Å². The fraction of sp³-hybridized carbons (Fsp3) is 0.389. The van der Waals surface area contributed by atoms with E-state index < -0.39 is 17.6 Å². The first-order valence-corrected chi connectivity index (χ1v) is 9.27. The molecule has 2 aliphatic rings. The number of imidazole rings is 2. The lowest BCUT2D eigenvalue weighted by Gasteiger charge is -2.23. The number of aliphatic hydroxyl groups excluding tert-OH is 2. The first-order chi connectivity index (χ1) is 13.0. The number of aryl methyl sites for hydroxylation is 1. The summed E-state index contributed by atoms with van der Waals surface area (Å²) in [6.07, 6.45) is 4.01. The Bertz CT molecular complexity index is 1200. The van der Waals surface area contributed by atoms with Gasteiger partial charge in [0.05, 0.1) is 29.4 Å². The van der Waals surface area contributed by atoms with E-state index in [1.54, 1.807) is 18.7 Å². The number of aliphatic hydroxyl groups is 2. The molecule has 0 spiro atoms. The van der Waals surface area contributed by atoms with Crippen molar-refractivity contribution in [2.75, 3.05) is 0 Å². The van der Waals surface area contributed by atoms with E-state index in [1.807, 2.05) is 17.6 Å². The van der Waals surface area contributed by atoms with Crippen LogP contribution in [-0.2, 0) is 5.41 Å². The third-order valence-corrected chi connectivity index (χ3v) is 6.60. The fourth-order valence-corrected chi connectivity index (χ4v) is 5.27. The zero-order valence-corrected chi connectivity index (χ0v) is 15.1. The van der Waals surface area contributed by atoms with Gasteiger partial charge in [-0.2, -0.15) is 0 Å². The quantitative estimate of drug-likeness (QED) is 0.393. The number of aromatic nitrogens is 6. The van der Waals surface area contributed by atoms with Gasteiger partial charge >= 0.3 is 0 Å². The van der Waals surface area contributed by atoms with Crippen LogP contribution in [-0.4, -0.2) is 51.9 Å². The van der Waals surface area contributed by atoms with Crippen LogP contribution in [0.1, 0.15) is 24.0 Å². The summed E-state index contributed by atoms with van der Waals surface area (Å²) >= 11 is 6.41. The SMILES string of the molecule is Cc1cc2c(Cl)nc3c(ncn3[C@H]3[C@H](O)[C@H](O)[C@]4(c5ncc[nH]5)C[C@H]34)c2[nH]1. The molecule has 2 saturated carbocycles. The highest BCUT2D eigenvalue weighted by molar-refractivity contribution is 6.35. The molecule has 8 nitrogen and oxygen atoms in total. The molecule has 2 fully saturated rings. The molecule has 138 valence electrons. The zero-order valence-electron chi connectivity index (χ0n) is 14.4. The van der Waals surface area contributed by atoms with Crippen molar-refractivity contribution >= 4 is 33.7 Å². The second-order valence-electron chi connectivity index (χ2n) is 7.68. The minimum absolute atomic E-state index is 0.0488. The van der Waals surface area contributed by atoms with Crippen molar-refractivity contribution in [3.8, 4) is 0 Å². The molecule has 4 aromatic heterocycles. The molecule has 2 aliphatic carbocycles. The summed E-state index contributed by atoms with van der Waals surface area (Å²) in [5.41, 5.74) is 2.59. The Labute approximate surface area is 158 Å². The number of rotatable bonds is 2. The monoisotopic (exact) mass is 384 g/mol. The number of halogens is 1. The maximum Gasteiger partial charge on any atom is 0.164 e. The molecule has 0 aliphatic heterocycles. The topological polar surface area (TPSA) is 116 Å². The van der Waals surface area contributed by atoms with Crippen LogP contribution < -0.4 is 0 Å². The molecule has 9 heteroatoms. The number of H-pyrrole nitrogens is 2. The summed E-state index contributed by atoms with van der Waals surface area (Å²) in [5.74, 6) is 0.770. The van der Waals surface area contributed by atoms with Crippen molar-refractivity contribution in [1.82, 2.24) is 29.5 Å². The zero-order chi connectivity index (χ0) is 18.5. The van der Waals surface area contributed by atoms with Gasteiger partial charge < -0.3 is 24.7 Å². The molecule has 0 saturated heterocycles. The van der Waals surface area contributed by atoms with Crippen LogP contribution in [0.25, 0.3) is 22.1 Å². The molecule has 4 heterocycles. The van der Waals surface area contributed by atoms with E-state index in [9.17, 15) is 10.2 Å². The first kappa shape index (κ1) is 15.6. The second-order valence-corrected chi connectivity index (χ2v) is 8.04. The van der Waals surface area contributed by atoms with Crippen LogP contribution in [0.3, 0.4) is 0 Å². The highest BCUT2D eigenvalue weighted by Crippen LogP contribution is 2.67. The van der Waals surface area contributed by atoms with Gasteiger partial charge in [-0.25, -0.2) is 15.0 Å². The number of nitrogens with one attached hydrogen (secondary N) is 2. The molecular weight excluding hydrogens is 368 g/mol. The second kappa shape index (κ2) is 4.89. The Kier molecular flexibility index (Phi) is 2.83. The lowest BCUT2D eigenvalue weighted by molar-refractivity contribution is -0.00383. The average molecular weight is 385 g/mol. The molecule has 0 aromatic carbocycles. The largest absolute Gasteiger partial charge is 0.389 e. The van der Waals surface area contributed by atoms with E-state index in [-0.39, 0.29) is 12.0 Å². The summed E-state index contributed by atoms with van der Waals surface area (Å²) in [6, 6.07) is 1.60. The van der Waals surface area contributed by atoms with Crippen molar-refractivity contribution in [3.63, 3.8) is 0 Å². The van der Waals surface area contributed by atoms with E-state index in [1.165, 1.54) is 0 Å². The smallest absolute Gasteiger partial charge is 0.164 e. The predicted molar refractivity (Wildman–Crippen MR) is 98.6 cm³/mol. The van der Waals surface area contributed by atoms with Gasteiger partial charge in [-0.3, -0.25) is 0 Å². The van der Waals surface area contributed by atoms with Gasteiger partial charge in [0, 0.05) is 23.5 Å². The van der Waals surface area contributed by atoms with Crippen molar-refractivity contribution in [2.45, 2.75) is 37.0 Å². The molecular formula is C18H17ClN6O2. The Morgan fingerprint density at radius 3 is 2.96 bits per heavy atom. The average Bonchev–Trinajstić information content (AvgIpc) is 3.08. The maximum absolute atomic E-state index is 10.8. The number of pyridine rings is 1. The summed E-state index contributed by atoms with van der Waals surface area (Å²) < 4.78 is 1.85. The number of hydrogen-bond acceptors (Lipinski definition) is 5. The number of aromatic amines is 2. The van der Waals surface area contributed by atoms with Crippen LogP contribution in [0.15, 0.2) is 24.8 Å². The fourth-order valence-electron chi connectivity index (χ4n) is 5.04. The van der Waals surface area contributed by atoms with Crippen LogP contribution in [0, 0.1) is 12.8 Å². The molecule has 0 amide bonds. The molecule has 0 unspecified atom stereocenters. The predicted octanol–water partition coefficient (Wildman–Crippen LogP) is 1.83. The Morgan fingerprint density at radius 1 is 1.33 bits per heavy atom. The van der Waals surface area contributed by atoms with Gasteiger partial charge in [-0.1, -0.05) is 11.6 Å². The van der Waals surface area contributed by atoms with Crippen molar-refractivity contribution in [2.24, 2.45) is 5.92 Å². The summed E-state index contributed by atoms with van der Waals surface area (Å²) in [6.45, 7) is 1.96. The third kappa shape index (κ3) is 1.78. The molecule has 4 N–H and O–H groups in total. The van der Waals surface area contributed by atoms with Crippen molar-refractivity contribution < 1.29 is 10.2 Å². The van der Waals surface area contributed by atoms with Crippen molar-refractivity contribution in [1.29, 1.82) is 0 Å². The summed E-state index contributed by atoms with van der Waals surface area (Å²) in [5, 5.41) is 22.9. The van der Waals surface area contributed by atoms with E-state index in [0.717, 1.165) is 28.8 Å². The van der Waals surface area contributed by atoms with Gasteiger partial charge in [-0.15, -0.1) is 0 Å². The highest BCUT2D eigenvalue weighted by Gasteiger charge is 2.73. The molecule has 5 atom stereocenters. The van der Waals surface area contributed by atoms with Crippen LogP contribution in [0.4, 0.5) is 0 Å². The van der Waals surface area contributed by atoms with Crippen LogP contribution in [0.5, 0.6) is 0 Å². The van der Waals surface area contributed by atoms with E-state index in [4.69, 9.17) is 11.6 Å². The Morgan fingerprint density at radius 2 is 2.19 bits per heavy atom. The van der Waals surface area contributed by atoms with Gasteiger partial charge in [0.15, 0.2) is 5.65 Å². The number of hydrogen-bond donors (Lipinski definition) is 4. The van der Waals surface area contributed by atoms with E-state index >= 15 is 0 Å². The van der Waals surface area contributed by atoms with E-state index in [0.29, 0.717) is 16.3 Å². The molecule has 4 aromatic rings. The minimum Gasteiger partial charge on any atom is -0.389 e. The lowest BCUT2D eigenvalue weighted by atomic mass is 9.98. The standard InChI is InChI=1S/C18H17ClN6O2/c1-7-4-8-10(23-7)11-16(24-15(8)19)25(6-22-11)12-9-5-18(9,14(27)13(12)26)17-20-2-3-21-17/h2-4,6,9,12-14,23,26-27H,5H2,1H3,(H,20,21)/t9-,12-,13+,14+,18+/m1/s1. The Hall–Kier alpha value is -2.42. The molecule has 0 radical (unpaired) electrons. The van der Waals surface area contributed by atoms with Crippen molar-refractivity contribution in [3.05, 3.63) is 41.5 Å². The van der Waals surface area contributed by atoms with E-state index in [2.05, 4.69) is 24.9 Å². The Balaban J connectivity index is 1.53.